The maximum Gasteiger partial charge on any atom is 0.0104 e. The fourth-order valence-electron chi connectivity index (χ4n) is 1.02. The van der Waals surface area contributed by atoms with Gasteiger partial charge in [-0.3, -0.25) is 0 Å². The van der Waals surface area contributed by atoms with Gasteiger partial charge in [0.25, 0.3) is 0 Å². The Labute approximate surface area is 100 Å². The van der Waals surface area contributed by atoms with Crippen LogP contribution in [-0.2, 0) is 0 Å². The summed E-state index contributed by atoms with van der Waals surface area (Å²) in [5.41, 5.74) is 2.74. The minimum atomic E-state index is 1.16. The Kier molecular flexibility index (Phi) is 13.2. The molecule has 0 unspecified atom stereocenters. The van der Waals surface area contributed by atoms with Crippen molar-refractivity contribution < 1.29 is 0 Å². The van der Waals surface area contributed by atoms with Crippen molar-refractivity contribution in [2.45, 2.75) is 53.4 Å². The molecule has 0 heterocycles. The molecule has 0 amide bonds. The second kappa shape index (κ2) is 11.6. The Bertz CT molecular complexity index is 241. The first-order chi connectivity index (χ1) is 7.24. The molecule has 1 heteroatoms. The summed E-state index contributed by atoms with van der Waals surface area (Å²) < 4.78 is 0. The van der Waals surface area contributed by atoms with Gasteiger partial charge in [-0.2, -0.15) is 0 Å². The molecule has 88 valence electrons. The Morgan fingerprint density at radius 2 is 1.53 bits per heavy atom. The first-order valence-electron chi connectivity index (χ1n) is 5.94. The van der Waals surface area contributed by atoms with E-state index < -0.39 is 0 Å². The highest BCUT2D eigenvalue weighted by atomic mass is 32.2. The van der Waals surface area contributed by atoms with E-state index in [0.717, 1.165) is 5.75 Å². The highest BCUT2D eigenvalue weighted by Gasteiger charge is 1.96. The zero-order chi connectivity index (χ0) is 12.3. The minimum Gasteiger partial charge on any atom is -0.126 e. The highest BCUT2D eigenvalue weighted by Crippen LogP contribution is 2.22. The average Bonchev–Trinajstić information content (AvgIpc) is 2.29. The van der Waals surface area contributed by atoms with Gasteiger partial charge in [-0.05, 0) is 31.2 Å². The van der Waals surface area contributed by atoms with Crippen LogP contribution in [-0.4, -0.2) is 5.75 Å². The van der Waals surface area contributed by atoms with E-state index in [2.05, 4.69) is 39.0 Å². The fourth-order valence-corrected chi connectivity index (χ4v) is 1.89. The van der Waals surface area contributed by atoms with E-state index in [-0.39, 0.29) is 0 Å². The number of aryl methyl sites for hydroxylation is 2. The summed E-state index contributed by atoms with van der Waals surface area (Å²) >= 11 is 1.92. The zero-order valence-corrected chi connectivity index (χ0v) is 12.2. The molecule has 0 atom stereocenters. The minimum absolute atomic E-state index is 1.16. The molecule has 0 fully saturated rings. The number of benzene rings is 1. The summed E-state index contributed by atoms with van der Waals surface area (Å²) in [6.45, 7) is 14.5. The van der Waals surface area contributed by atoms with Crippen LogP contribution in [0.2, 0.25) is 0 Å². The SMILES string of the molecule is CC.CC.CCSc1cc(C)ccc1C. The van der Waals surface area contributed by atoms with E-state index in [1.165, 1.54) is 16.0 Å². The Morgan fingerprint density at radius 3 is 2.00 bits per heavy atom. The van der Waals surface area contributed by atoms with Crippen molar-refractivity contribution in [3.05, 3.63) is 29.3 Å². The molecular formula is C14H26S. The Balaban J connectivity index is 0. The molecule has 0 aromatic heterocycles. The van der Waals surface area contributed by atoms with Gasteiger partial charge in [0, 0.05) is 4.90 Å². The first kappa shape index (κ1) is 17.0. The van der Waals surface area contributed by atoms with Gasteiger partial charge in [-0.1, -0.05) is 52.3 Å². The topological polar surface area (TPSA) is 0 Å². The molecule has 0 bridgehead atoms. The average molecular weight is 226 g/mol. The van der Waals surface area contributed by atoms with Gasteiger partial charge in [-0.25, -0.2) is 0 Å². The van der Waals surface area contributed by atoms with Gasteiger partial charge in [0.15, 0.2) is 0 Å². The van der Waals surface area contributed by atoms with Crippen LogP contribution < -0.4 is 0 Å². The van der Waals surface area contributed by atoms with Gasteiger partial charge in [-0.15, -0.1) is 11.8 Å². The van der Waals surface area contributed by atoms with E-state index >= 15 is 0 Å². The zero-order valence-electron chi connectivity index (χ0n) is 11.3. The van der Waals surface area contributed by atoms with Crippen molar-refractivity contribution >= 4 is 11.8 Å². The molecule has 0 nitrogen and oxygen atoms in total. The van der Waals surface area contributed by atoms with Crippen molar-refractivity contribution in [2.75, 3.05) is 5.75 Å². The van der Waals surface area contributed by atoms with Crippen LogP contribution >= 0.6 is 11.8 Å². The van der Waals surface area contributed by atoms with Gasteiger partial charge in [0.2, 0.25) is 0 Å². The molecule has 0 N–H and O–H groups in total. The van der Waals surface area contributed by atoms with Gasteiger partial charge in [0.1, 0.15) is 0 Å². The van der Waals surface area contributed by atoms with Gasteiger partial charge in [0.05, 0.1) is 0 Å². The number of hydrogen-bond donors (Lipinski definition) is 0. The predicted molar refractivity (Wildman–Crippen MR) is 75.0 cm³/mol. The van der Waals surface area contributed by atoms with Gasteiger partial charge >= 0.3 is 0 Å². The van der Waals surface area contributed by atoms with E-state index in [1.54, 1.807) is 0 Å². The Morgan fingerprint density at radius 1 is 1.00 bits per heavy atom. The van der Waals surface area contributed by atoms with E-state index in [9.17, 15) is 0 Å². The predicted octanol–water partition coefficient (Wildman–Crippen LogP) is 5.47. The molecule has 15 heavy (non-hydrogen) atoms. The number of thioether (sulfide) groups is 1. The maximum atomic E-state index is 2.25. The summed E-state index contributed by atoms with van der Waals surface area (Å²) in [5.74, 6) is 1.16. The van der Waals surface area contributed by atoms with Crippen LogP contribution in [0.1, 0.15) is 45.7 Å². The molecule has 0 radical (unpaired) electrons. The second-order valence-electron chi connectivity index (χ2n) is 2.70. The normalized spacial score (nSPS) is 8.20. The summed E-state index contributed by atoms with van der Waals surface area (Å²) in [7, 11) is 0. The standard InChI is InChI=1S/C10H14S.2C2H6/c1-4-11-10-7-8(2)5-6-9(10)3;2*1-2/h5-7H,4H2,1-3H3;2*1-2H3. The molecule has 0 spiro atoms. The third kappa shape index (κ3) is 7.49. The molecule has 0 aliphatic rings. The van der Waals surface area contributed by atoms with Crippen LogP contribution in [0.3, 0.4) is 0 Å². The molecule has 0 saturated heterocycles. The largest absolute Gasteiger partial charge is 0.126 e. The molecule has 0 aliphatic carbocycles. The van der Waals surface area contributed by atoms with E-state index in [4.69, 9.17) is 0 Å². The first-order valence-corrected chi connectivity index (χ1v) is 6.92. The quantitative estimate of drug-likeness (QED) is 0.603. The lowest BCUT2D eigenvalue weighted by Crippen LogP contribution is -1.81. The lowest BCUT2D eigenvalue weighted by molar-refractivity contribution is 1.26. The van der Waals surface area contributed by atoms with Crippen molar-refractivity contribution in [1.82, 2.24) is 0 Å². The van der Waals surface area contributed by atoms with Crippen LogP contribution in [0.4, 0.5) is 0 Å². The lowest BCUT2D eigenvalue weighted by atomic mass is 10.2. The molecule has 1 aromatic carbocycles. The summed E-state index contributed by atoms with van der Waals surface area (Å²) in [5, 5.41) is 0. The summed E-state index contributed by atoms with van der Waals surface area (Å²) in [6, 6.07) is 6.60. The second-order valence-corrected chi connectivity index (χ2v) is 4.01. The maximum absolute atomic E-state index is 2.25. The van der Waals surface area contributed by atoms with Crippen LogP contribution in [0.5, 0.6) is 0 Å². The molecular weight excluding hydrogens is 200 g/mol. The van der Waals surface area contributed by atoms with Crippen molar-refractivity contribution in [3.63, 3.8) is 0 Å². The smallest absolute Gasteiger partial charge is 0.0104 e. The molecule has 1 aromatic rings. The lowest BCUT2D eigenvalue weighted by Gasteiger charge is -2.03. The third-order valence-electron chi connectivity index (χ3n) is 1.64. The van der Waals surface area contributed by atoms with Crippen molar-refractivity contribution in [1.29, 1.82) is 0 Å². The van der Waals surface area contributed by atoms with Crippen LogP contribution in [0.25, 0.3) is 0 Å². The van der Waals surface area contributed by atoms with Crippen LogP contribution in [0.15, 0.2) is 23.1 Å². The van der Waals surface area contributed by atoms with Crippen molar-refractivity contribution in [3.8, 4) is 0 Å². The van der Waals surface area contributed by atoms with Crippen molar-refractivity contribution in [2.24, 2.45) is 0 Å². The highest BCUT2D eigenvalue weighted by molar-refractivity contribution is 7.99. The number of rotatable bonds is 2. The number of hydrogen-bond acceptors (Lipinski definition) is 1. The van der Waals surface area contributed by atoms with Crippen LogP contribution in [0, 0.1) is 13.8 Å². The Hall–Kier alpha value is -0.430. The van der Waals surface area contributed by atoms with E-state index in [0.29, 0.717) is 0 Å². The van der Waals surface area contributed by atoms with Gasteiger partial charge < -0.3 is 0 Å². The molecule has 1 rings (SSSR count). The summed E-state index contributed by atoms with van der Waals surface area (Å²) in [6.07, 6.45) is 0. The fraction of sp³-hybridized carbons (Fsp3) is 0.571. The molecule has 0 aliphatic heterocycles. The summed E-state index contributed by atoms with van der Waals surface area (Å²) in [4.78, 5) is 1.42. The monoisotopic (exact) mass is 226 g/mol. The van der Waals surface area contributed by atoms with E-state index in [1.807, 2.05) is 39.5 Å². The molecule has 0 saturated carbocycles. The third-order valence-corrected chi connectivity index (χ3v) is 2.68.